The van der Waals surface area contributed by atoms with Crippen molar-refractivity contribution in [2.24, 2.45) is 9.98 Å². The Morgan fingerprint density at radius 1 is 0.440 bits per heavy atom. The highest BCUT2D eigenvalue weighted by molar-refractivity contribution is 6.38. The fourth-order valence-corrected chi connectivity index (χ4v) is 8.84. The molecule has 3 N–H and O–H groups in total. The molecule has 1 aliphatic rings. The van der Waals surface area contributed by atoms with Crippen LogP contribution in [0.4, 0.5) is 39.9 Å². The van der Waals surface area contributed by atoms with Crippen molar-refractivity contribution in [2.75, 3.05) is 38.2 Å². The number of hydrogen-bond acceptors (Lipinski definition) is 9. The van der Waals surface area contributed by atoms with Crippen molar-refractivity contribution in [1.82, 2.24) is 4.98 Å². The first-order valence-electron chi connectivity index (χ1n) is 23.8. The van der Waals surface area contributed by atoms with E-state index in [-0.39, 0.29) is 11.1 Å². The molecule has 0 bridgehead atoms. The number of anilines is 6. The van der Waals surface area contributed by atoms with Crippen LogP contribution >= 0.6 is 0 Å². The molecule has 0 saturated carbocycles. The van der Waals surface area contributed by atoms with Crippen LogP contribution in [0.25, 0.3) is 28.0 Å². The van der Waals surface area contributed by atoms with E-state index in [2.05, 4.69) is 14.8 Å². The van der Waals surface area contributed by atoms with Gasteiger partial charge in [-0.05, 0) is 174 Å². The molecule has 1 aromatic heterocycles. The van der Waals surface area contributed by atoms with Gasteiger partial charge in [-0.1, -0.05) is 48.5 Å². The summed E-state index contributed by atoms with van der Waals surface area (Å²) in [5.41, 5.74) is 11.7. The molecule has 0 fully saturated rings. The van der Waals surface area contributed by atoms with Crippen LogP contribution in [0.2, 0.25) is 0 Å². The summed E-state index contributed by atoms with van der Waals surface area (Å²) >= 11 is 0. The zero-order valence-corrected chi connectivity index (χ0v) is 41.3. The lowest BCUT2D eigenvalue weighted by Crippen LogP contribution is -2.10. The summed E-state index contributed by atoms with van der Waals surface area (Å²) in [7, 11) is 6.56. The van der Waals surface area contributed by atoms with Crippen molar-refractivity contribution in [2.45, 2.75) is 0 Å². The Hall–Kier alpha value is -10.1. The molecule has 1 aliphatic heterocycles. The van der Waals surface area contributed by atoms with E-state index in [1.165, 1.54) is 0 Å². The third-order valence-electron chi connectivity index (χ3n) is 12.8. The molecule has 10 rings (SSSR count). The average Bonchev–Trinajstić information content (AvgIpc) is 4.09. The van der Waals surface area contributed by atoms with Gasteiger partial charge in [0, 0.05) is 56.5 Å². The minimum atomic E-state index is -1.04. The highest BCUT2D eigenvalue weighted by atomic mass is 16.5. The van der Waals surface area contributed by atoms with Crippen LogP contribution in [0.15, 0.2) is 216 Å². The molecule has 8 aromatic carbocycles. The summed E-state index contributed by atoms with van der Waals surface area (Å²) in [6.07, 6.45) is 1.95. The number of aromatic nitrogens is 1. The van der Waals surface area contributed by atoms with Gasteiger partial charge < -0.3 is 43.9 Å². The monoisotopic (exact) mass is 991 g/mol. The Balaban J connectivity index is 1.05. The van der Waals surface area contributed by atoms with Crippen LogP contribution < -0.4 is 28.7 Å². The van der Waals surface area contributed by atoms with E-state index in [9.17, 15) is 19.8 Å². The van der Waals surface area contributed by atoms with Crippen LogP contribution in [-0.4, -0.2) is 67.1 Å². The number of nitrogens with one attached hydrogen (secondary N) is 1. The van der Waals surface area contributed by atoms with Gasteiger partial charge in [0.25, 0.3) is 0 Å². The molecule has 13 nitrogen and oxygen atoms in total. The predicted octanol–water partition coefficient (Wildman–Crippen LogP) is 14.3. The molecule has 75 heavy (non-hydrogen) atoms. The quantitative estimate of drug-likeness (QED) is 0.0802. The lowest BCUT2D eigenvalue weighted by atomic mass is 10.0. The number of H-pyrrole nitrogens is 1. The number of aromatic amines is 1. The van der Waals surface area contributed by atoms with Gasteiger partial charge in [0.1, 0.15) is 28.8 Å². The van der Waals surface area contributed by atoms with Crippen LogP contribution in [0.3, 0.4) is 0 Å². The molecule has 0 spiro atoms. The number of carboxylic acid groups (broad SMARTS) is 2. The van der Waals surface area contributed by atoms with Crippen molar-refractivity contribution >= 4 is 69.0 Å². The minimum absolute atomic E-state index is 0.147. The highest BCUT2D eigenvalue weighted by Crippen LogP contribution is 2.41. The number of ether oxygens (including phenoxy) is 4. The van der Waals surface area contributed by atoms with Gasteiger partial charge in [0.05, 0.1) is 45.3 Å². The van der Waals surface area contributed by atoms with E-state index in [1.54, 1.807) is 77.0 Å². The van der Waals surface area contributed by atoms with Crippen molar-refractivity contribution in [1.29, 1.82) is 0 Å². The van der Waals surface area contributed by atoms with Crippen molar-refractivity contribution in [3.05, 3.63) is 229 Å². The fourth-order valence-electron chi connectivity index (χ4n) is 8.84. The number of carboxylic acids is 2. The standard InChI is InChI=1S/C62H49N5O8/c1-72-51-29-21-47(22-30-51)66(48-23-31-52(73-2)32-24-48)45-17-13-41(14-18-45)57-37-55(39-5-9-43(10-6-39)61(68)69)59(63-57)65-60-56(40-7-11-44(12-8-40)62(70)71)38-58(64-60)42-15-19-46(20-16-42)67(49-25-33-53(74-3)34-26-49)50-27-35-54(75-4)36-28-50/h5-38,63H,1-4H3,(H,68,69)(H,70,71)/b65-60-. The SMILES string of the molecule is COc1ccc(N(c2ccc(OC)cc2)c2ccc(C3=N/C(=N\c4[nH]c(-c5ccc(N(c6ccc(OC)cc6)c6ccc(OC)cc6)cc5)cc4-c4ccc(C(=O)O)cc4)C(c4ccc(C(=O)O)cc4)=C3)cc2)cc1. The largest absolute Gasteiger partial charge is 0.497 e. The molecule has 0 saturated heterocycles. The summed E-state index contributed by atoms with van der Waals surface area (Å²) in [5.74, 6) is 1.77. The maximum atomic E-state index is 11.9. The van der Waals surface area contributed by atoms with Gasteiger partial charge in [0.2, 0.25) is 0 Å². The molecular formula is C62H49N5O8. The zero-order valence-electron chi connectivity index (χ0n) is 41.3. The molecule has 9 aromatic rings. The molecule has 370 valence electrons. The number of aliphatic imine (C=N–C) groups is 2. The number of methoxy groups -OCH3 is 4. The number of nitrogens with zero attached hydrogens (tertiary/aromatic N) is 4. The Morgan fingerprint density at radius 3 is 1.13 bits per heavy atom. The first-order valence-corrected chi connectivity index (χ1v) is 23.8. The van der Waals surface area contributed by atoms with Crippen LogP contribution in [0.5, 0.6) is 23.0 Å². The van der Waals surface area contributed by atoms with Gasteiger partial charge in [0.15, 0.2) is 5.84 Å². The Morgan fingerprint density at radius 2 is 0.773 bits per heavy atom. The number of aromatic carboxylic acids is 2. The van der Waals surface area contributed by atoms with E-state index in [4.69, 9.17) is 28.9 Å². The number of allylic oxidation sites excluding steroid dienone is 1. The van der Waals surface area contributed by atoms with Crippen molar-refractivity contribution < 1.29 is 38.7 Å². The maximum absolute atomic E-state index is 11.9. The smallest absolute Gasteiger partial charge is 0.335 e. The second-order valence-electron chi connectivity index (χ2n) is 17.3. The van der Waals surface area contributed by atoms with Gasteiger partial charge in [-0.25, -0.2) is 19.6 Å². The normalized spacial score (nSPS) is 12.4. The number of carbonyl (C=O) groups is 2. The lowest BCUT2D eigenvalue weighted by molar-refractivity contribution is 0.0686. The number of hydrogen-bond donors (Lipinski definition) is 3. The predicted molar refractivity (Wildman–Crippen MR) is 296 cm³/mol. The Bertz CT molecular complexity index is 3490. The molecule has 0 amide bonds. The zero-order chi connectivity index (χ0) is 52.0. The van der Waals surface area contributed by atoms with Crippen molar-refractivity contribution in [3.8, 4) is 45.4 Å². The molecule has 13 heteroatoms. The third kappa shape index (κ3) is 10.3. The van der Waals surface area contributed by atoms with E-state index < -0.39 is 11.9 Å². The van der Waals surface area contributed by atoms with E-state index in [1.807, 2.05) is 158 Å². The summed E-state index contributed by atoms with van der Waals surface area (Å²) in [6, 6.07) is 63.0. The number of benzene rings is 8. The molecule has 0 unspecified atom stereocenters. The molecule has 0 radical (unpaired) electrons. The fraction of sp³-hybridized carbons (Fsp3) is 0.0645. The summed E-state index contributed by atoms with van der Waals surface area (Å²) in [6.45, 7) is 0. The molecule has 0 aliphatic carbocycles. The van der Waals surface area contributed by atoms with Gasteiger partial charge in [-0.3, -0.25) is 0 Å². The van der Waals surface area contributed by atoms with E-state index >= 15 is 0 Å². The lowest BCUT2D eigenvalue weighted by Gasteiger charge is -2.26. The first kappa shape index (κ1) is 48.5. The second-order valence-corrected chi connectivity index (χ2v) is 17.3. The Labute approximate surface area is 433 Å². The average molecular weight is 992 g/mol. The molecule has 0 atom stereocenters. The Kier molecular flexibility index (Phi) is 13.8. The van der Waals surface area contributed by atoms with Gasteiger partial charge in [-0.2, -0.15) is 0 Å². The van der Waals surface area contributed by atoms with Gasteiger partial charge >= 0.3 is 11.9 Å². The first-order chi connectivity index (χ1) is 36.6. The number of rotatable bonds is 17. The topological polar surface area (TPSA) is 159 Å². The van der Waals surface area contributed by atoms with Crippen LogP contribution in [0.1, 0.15) is 31.8 Å². The second kappa shape index (κ2) is 21.3. The molecular weight excluding hydrogens is 943 g/mol. The van der Waals surface area contributed by atoms with E-state index in [0.29, 0.717) is 34.1 Å². The maximum Gasteiger partial charge on any atom is 0.335 e. The summed E-state index contributed by atoms with van der Waals surface area (Å²) in [4.78, 5) is 42.1. The minimum Gasteiger partial charge on any atom is -0.497 e. The van der Waals surface area contributed by atoms with Crippen molar-refractivity contribution in [3.63, 3.8) is 0 Å². The van der Waals surface area contributed by atoms with Crippen LogP contribution in [0, 0.1) is 0 Å². The number of amidine groups is 1. The summed E-state index contributed by atoms with van der Waals surface area (Å²) in [5, 5.41) is 19.6. The van der Waals surface area contributed by atoms with Crippen LogP contribution in [-0.2, 0) is 0 Å². The highest BCUT2D eigenvalue weighted by Gasteiger charge is 2.23. The molecule has 2 heterocycles. The summed E-state index contributed by atoms with van der Waals surface area (Å²) < 4.78 is 21.8. The third-order valence-corrected chi connectivity index (χ3v) is 12.8. The van der Waals surface area contributed by atoms with E-state index in [0.717, 1.165) is 79.5 Å². The van der Waals surface area contributed by atoms with Gasteiger partial charge in [-0.15, -0.1) is 0 Å².